The summed E-state index contributed by atoms with van der Waals surface area (Å²) in [5, 5.41) is 0. The van der Waals surface area contributed by atoms with Gasteiger partial charge in [0.1, 0.15) is 0 Å². The van der Waals surface area contributed by atoms with E-state index in [2.05, 4.69) is 33.0 Å². The maximum atomic E-state index is 12.4. The second-order valence-corrected chi connectivity index (χ2v) is 6.11. The molecule has 1 heterocycles. The fraction of sp³-hybridized carbons (Fsp3) is 0.167. The summed E-state index contributed by atoms with van der Waals surface area (Å²) in [5.41, 5.74) is 2.70. The predicted molar refractivity (Wildman–Crippen MR) is 88.4 cm³/mol. The van der Waals surface area contributed by atoms with E-state index in [0.717, 1.165) is 35.2 Å². The van der Waals surface area contributed by atoms with Crippen LogP contribution in [0.15, 0.2) is 65.2 Å². The minimum Gasteiger partial charge on any atom is -0.292 e. The lowest BCUT2D eigenvalue weighted by molar-refractivity contribution is 0.103. The Morgan fingerprint density at radius 1 is 0.905 bits per heavy atom. The lowest BCUT2D eigenvalue weighted by Gasteiger charge is -2.14. The van der Waals surface area contributed by atoms with Gasteiger partial charge in [-0.25, -0.2) is 0 Å². The predicted octanol–water partition coefficient (Wildman–Crippen LogP) is 4.05. The van der Waals surface area contributed by atoms with Crippen LogP contribution in [0.25, 0.3) is 0 Å². The van der Waals surface area contributed by atoms with Gasteiger partial charge < -0.3 is 0 Å². The molecule has 2 aromatic carbocycles. The van der Waals surface area contributed by atoms with Gasteiger partial charge in [-0.3, -0.25) is 9.69 Å². The Morgan fingerprint density at radius 2 is 1.43 bits per heavy atom. The molecule has 1 aliphatic heterocycles. The number of benzene rings is 2. The van der Waals surface area contributed by atoms with E-state index >= 15 is 0 Å². The quantitative estimate of drug-likeness (QED) is 0.617. The third-order valence-electron chi connectivity index (χ3n) is 3.62. The Hall–Kier alpha value is -1.71. The Kier molecular flexibility index (Phi) is 4.32. The molecule has 0 aromatic heterocycles. The molecule has 21 heavy (non-hydrogen) atoms. The Morgan fingerprint density at radius 3 is 2.00 bits per heavy atom. The SMILES string of the molecule is O=C(c1ccc(Br)cc1)c1ccc(CN2CC=CC2)cc1. The number of rotatable bonds is 4. The molecule has 3 rings (SSSR count). The van der Waals surface area contributed by atoms with Gasteiger partial charge in [0.05, 0.1) is 0 Å². The van der Waals surface area contributed by atoms with Crippen LogP contribution in [0, 0.1) is 0 Å². The van der Waals surface area contributed by atoms with Crippen LogP contribution in [0.5, 0.6) is 0 Å². The number of hydrogen-bond acceptors (Lipinski definition) is 2. The van der Waals surface area contributed by atoms with E-state index in [4.69, 9.17) is 0 Å². The van der Waals surface area contributed by atoms with Gasteiger partial charge in [0.15, 0.2) is 5.78 Å². The van der Waals surface area contributed by atoms with Crippen LogP contribution in [-0.4, -0.2) is 23.8 Å². The molecular weight excluding hydrogens is 326 g/mol. The number of ketones is 1. The molecule has 106 valence electrons. The molecule has 0 aliphatic carbocycles. The van der Waals surface area contributed by atoms with Gasteiger partial charge in [-0.2, -0.15) is 0 Å². The van der Waals surface area contributed by atoms with E-state index in [-0.39, 0.29) is 5.78 Å². The molecule has 0 N–H and O–H groups in total. The smallest absolute Gasteiger partial charge is 0.193 e. The standard InChI is InChI=1S/C18H16BrNO/c19-17-9-7-16(8-10-17)18(21)15-5-3-14(4-6-15)13-20-11-1-2-12-20/h1-10H,11-13H2. The first kappa shape index (κ1) is 14.2. The maximum absolute atomic E-state index is 12.4. The molecular formula is C18H16BrNO. The first-order valence-corrected chi connectivity index (χ1v) is 7.78. The lowest BCUT2D eigenvalue weighted by atomic mass is 10.0. The molecule has 1 aliphatic rings. The summed E-state index contributed by atoms with van der Waals surface area (Å²) in [6.45, 7) is 2.96. The zero-order chi connectivity index (χ0) is 14.7. The van der Waals surface area contributed by atoms with Gasteiger partial charge >= 0.3 is 0 Å². The number of halogens is 1. The van der Waals surface area contributed by atoms with Gasteiger partial charge in [-0.1, -0.05) is 52.3 Å². The highest BCUT2D eigenvalue weighted by atomic mass is 79.9. The van der Waals surface area contributed by atoms with Crippen LogP contribution < -0.4 is 0 Å². The minimum atomic E-state index is 0.0666. The Balaban J connectivity index is 1.71. The molecule has 0 unspecified atom stereocenters. The molecule has 0 fully saturated rings. The molecule has 0 atom stereocenters. The van der Waals surface area contributed by atoms with E-state index < -0.39 is 0 Å². The van der Waals surface area contributed by atoms with Crippen LogP contribution >= 0.6 is 15.9 Å². The van der Waals surface area contributed by atoms with Crippen LogP contribution in [-0.2, 0) is 6.54 Å². The molecule has 2 aromatic rings. The molecule has 0 spiro atoms. The highest BCUT2D eigenvalue weighted by molar-refractivity contribution is 9.10. The first-order chi connectivity index (χ1) is 10.2. The fourth-order valence-corrected chi connectivity index (χ4v) is 2.70. The third-order valence-corrected chi connectivity index (χ3v) is 4.15. The van der Waals surface area contributed by atoms with Crippen molar-refractivity contribution in [3.8, 4) is 0 Å². The molecule has 3 heteroatoms. The van der Waals surface area contributed by atoms with Gasteiger partial charge in [0, 0.05) is 35.2 Å². The van der Waals surface area contributed by atoms with Crippen molar-refractivity contribution in [3.63, 3.8) is 0 Å². The number of nitrogens with zero attached hydrogens (tertiary/aromatic N) is 1. The summed E-state index contributed by atoms with van der Waals surface area (Å²) >= 11 is 3.38. The average Bonchev–Trinajstić information content (AvgIpc) is 3.01. The highest BCUT2D eigenvalue weighted by Crippen LogP contribution is 2.16. The molecule has 2 nitrogen and oxygen atoms in total. The average molecular weight is 342 g/mol. The summed E-state index contributed by atoms with van der Waals surface area (Å²) < 4.78 is 0.980. The largest absolute Gasteiger partial charge is 0.292 e. The zero-order valence-corrected chi connectivity index (χ0v) is 13.2. The number of hydrogen-bond donors (Lipinski definition) is 0. The fourth-order valence-electron chi connectivity index (χ4n) is 2.44. The second kappa shape index (κ2) is 6.37. The number of carbonyl (C=O) groups excluding carboxylic acids is 1. The van der Waals surface area contributed by atoms with Crippen molar-refractivity contribution in [2.24, 2.45) is 0 Å². The zero-order valence-electron chi connectivity index (χ0n) is 11.6. The van der Waals surface area contributed by atoms with Crippen molar-refractivity contribution >= 4 is 21.7 Å². The van der Waals surface area contributed by atoms with E-state index in [1.165, 1.54) is 5.56 Å². The molecule has 0 bridgehead atoms. The summed E-state index contributed by atoms with van der Waals surface area (Å²) in [6, 6.07) is 15.4. The molecule has 0 radical (unpaired) electrons. The van der Waals surface area contributed by atoms with Crippen LogP contribution in [0.1, 0.15) is 21.5 Å². The Labute approximate surface area is 133 Å². The molecule has 0 amide bonds. The summed E-state index contributed by atoms with van der Waals surface area (Å²) in [7, 11) is 0. The second-order valence-electron chi connectivity index (χ2n) is 5.20. The van der Waals surface area contributed by atoms with Crippen molar-refractivity contribution in [1.29, 1.82) is 0 Å². The summed E-state index contributed by atoms with van der Waals surface area (Å²) in [6.07, 6.45) is 4.37. The van der Waals surface area contributed by atoms with E-state index in [1.54, 1.807) is 0 Å². The number of carbonyl (C=O) groups is 1. The normalized spacial score (nSPS) is 14.5. The van der Waals surface area contributed by atoms with Crippen molar-refractivity contribution in [2.45, 2.75) is 6.54 Å². The van der Waals surface area contributed by atoms with Gasteiger partial charge in [0.25, 0.3) is 0 Å². The van der Waals surface area contributed by atoms with Crippen molar-refractivity contribution in [1.82, 2.24) is 4.90 Å². The van der Waals surface area contributed by atoms with Crippen molar-refractivity contribution in [3.05, 3.63) is 81.8 Å². The van der Waals surface area contributed by atoms with Crippen molar-refractivity contribution < 1.29 is 4.79 Å². The molecule has 0 saturated heterocycles. The molecule has 0 saturated carbocycles. The van der Waals surface area contributed by atoms with Crippen molar-refractivity contribution in [2.75, 3.05) is 13.1 Å². The summed E-state index contributed by atoms with van der Waals surface area (Å²) in [4.78, 5) is 14.7. The van der Waals surface area contributed by atoms with Crippen LogP contribution in [0.2, 0.25) is 0 Å². The van der Waals surface area contributed by atoms with Crippen LogP contribution in [0.3, 0.4) is 0 Å². The maximum Gasteiger partial charge on any atom is 0.193 e. The van der Waals surface area contributed by atoms with E-state index in [9.17, 15) is 4.79 Å². The summed E-state index contributed by atoms with van der Waals surface area (Å²) in [5.74, 6) is 0.0666. The monoisotopic (exact) mass is 341 g/mol. The van der Waals surface area contributed by atoms with E-state index in [1.807, 2.05) is 48.5 Å². The van der Waals surface area contributed by atoms with E-state index in [0.29, 0.717) is 0 Å². The lowest BCUT2D eigenvalue weighted by Crippen LogP contribution is -2.19. The topological polar surface area (TPSA) is 20.3 Å². The highest BCUT2D eigenvalue weighted by Gasteiger charge is 2.10. The minimum absolute atomic E-state index is 0.0666. The van der Waals surface area contributed by atoms with Gasteiger partial charge in [-0.05, 0) is 29.8 Å². The van der Waals surface area contributed by atoms with Gasteiger partial charge in [0.2, 0.25) is 0 Å². The first-order valence-electron chi connectivity index (χ1n) is 6.99. The third kappa shape index (κ3) is 3.49. The van der Waals surface area contributed by atoms with Gasteiger partial charge in [-0.15, -0.1) is 0 Å². The van der Waals surface area contributed by atoms with Crippen LogP contribution in [0.4, 0.5) is 0 Å². The Bertz CT molecular complexity index is 651.